The van der Waals surface area contributed by atoms with Crippen molar-refractivity contribution < 1.29 is 22.7 Å². The van der Waals surface area contributed by atoms with E-state index in [1.54, 1.807) is 4.90 Å². The number of rotatable bonds is 4. The van der Waals surface area contributed by atoms with Gasteiger partial charge in [0, 0.05) is 19.5 Å². The number of aromatic nitrogens is 2. The van der Waals surface area contributed by atoms with Crippen LogP contribution in [0.1, 0.15) is 68.5 Å². The Morgan fingerprint density at radius 3 is 2.35 bits per heavy atom. The average molecular weight is 438 g/mol. The molecule has 0 spiro atoms. The number of hydrogen-bond acceptors (Lipinski definition) is 3. The minimum atomic E-state index is -4.35. The number of ether oxygens (including phenoxy) is 1. The molecule has 1 aliphatic rings. The summed E-state index contributed by atoms with van der Waals surface area (Å²) in [5, 5.41) is 0. The molecule has 3 rings (SSSR count). The van der Waals surface area contributed by atoms with Gasteiger partial charge in [-0.1, -0.05) is 19.1 Å². The van der Waals surface area contributed by atoms with Crippen molar-refractivity contribution in [3.8, 4) is 0 Å². The number of halogens is 3. The fourth-order valence-electron chi connectivity index (χ4n) is 4.09. The lowest BCUT2D eigenvalue weighted by Gasteiger charge is -2.38. The first-order valence-corrected chi connectivity index (χ1v) is 10.6. The van der Waals surface area contributed by atoms with Crippen LogP contribution >= 0.6 is 0 Å². The van der Waals surface area contributed by atoms with E-state index >= 15 is 0 Å². The summed E-state index contributed by atoms with van der Waals surface area (Å²) in [4.78, 5) is 19.4. The van der Waals surface area contributed by atoms with Gasteiger partial charge in [-0.3, -0.25) is 4.90 Å². The molecule has 0 fully saturated rings. The zero-order valence-electron chi connectivity index (χ0n) is 18.7. The van der Waals surface area contributed by atoms with Crippen LogP contribution in [0.3, 0.4) is 0 Å². The van der Waals surface area contributed by atoms with Gasteiger partial charge in [-0.2, -0.15) is 13.2 Å². The summed E-state index contributed by atoms with van der Waals surface area (Å²) < 4.78 is 46.4. The number of carbonyl (C=O) groups is 1. The number of aryl methyl sites for hydroxylation is 3. The van der Waals surface area contributed by atoms with Crippen molar-refractivity contribution in [2.75, 3.05) is 6.54 Å². The van der Waals surface area contributed by atoms with E-state index in [1.165, 1.54) is 12.1 Å². The zero-order valence-corrected chi connectivity index (χ0v) is 18.7. The van der Waals surface area contributed by atoms with E-state index in [2.05, 4.69) is 9.55 Å². The summed E-state index contributed by atoms with van der Waals surface area (Å²) in [6.45, 7) is 10.6. The Kier molecular flexibility index (Phi) is 6.39. The van der Waals surface area contributed by atoms with Crippen LogP contribution in [0.4, 0.5) is 18.0 Å². The lowest BCUT2D eigenvalue weighted by atomic mass is 9.98. The number of imidazole rings is 1. The summed E-state index contributed by atoms with van der Waals surface area (Å²) in [5.74, 6) is 0.982. The van der Waals surface area contributed by atoms with Crippen molar-refractivity contribution in [3.05, 3.63) is 52.6 Å². The average Bonchev–Trinajstić information content (AvgIpc) is 3.00. The van der Waals surface area contributed by atoms with Crippen LogP contribution in [0, 0.1) is 6.92 Å². The molecule has 170 valence electrons. The Hall–Kier alpha value is -2.51. The normalized spacial score (nSPS) is 16.9. The highest BCUT2D eigenvalue weighted by molar-refractivity contribution is 5.69. The molecule has 31 heavy (non-hydrogen) atoms. The summed E-state index contributed by atoms with van der Waals surface area (Å²) in [5.41, 5.74) is 1.38. The minimum absolute atomic E-state index is 0.251. The van der Waals surface area contributed by atoms with Crippen molar-refractivity contribution in [2.45, 2.75) is 78.2 Å². The molecule has 0 saturated heterocycles. The van der Waals surface area contributed by atoms with Gasteiger partial charge in [-0.15, -0.1) is 0 Å². The first-order valence-electron chi connectivity index (χ1n) is 10.6. The summed E-state index contributed by atoms with van der Waals surface area (Å²) in [6, 6.07) is 4.97. The van der Waals surface area contributed by atoms with Gasteiger partial charge in [0.05, 0.1) is 23.0 Å². The second kappa shape index (κ2) is 8.55. The van der Waals surface area contributed by atoms with Gasteiger partial charge >= 0.3 is 12.3 Å². The lowest BCUT2D eigenvalue weighted by molar-refractivity contribution is -0.137. The van der Waals surface area contributed by atoms with Gasteiger partial charge in [-0.05, 0) is 58.2 Å². The Balaban J connectivity index is 1.87. The summed E-state index contributed by atoms with van der Waals surface area (Å²) >= 11 is 0. The number of amides is 1. The van der Waals surface area contributed by atoms with E-state index in [1.807, 2.05) is 34.6 Å². The molecular formula is C23H30F3N3O2. The second-order valence-corrected chi connectivity index (χ2v) is 8.93. The van der Waals surface area contributed by atoms with E-state index in [0.717, 1.165) is 41.3 Å². The van der Waals surface area contributed by atoms with Crippen LogP contribution in [-0.2, 0) is 30.3 Å². The molecule has 0 radical (unpaired) electrons. The van der Waals surface area contributed by atoms with E-state index in [4.69, 9.17) is 4.74 Å². The van der Waals surface area contributed by atoms with Crippen molar-refractivity contribution in [2.24, 2.45) is 0 Å². The standard InChI is InChI=1S/C23H30F3N3O2/c1-6-19-27-15(2)20-18(12-9-16-7-10-17(11-8-16)23(24,25)26)28(13-14-29(19)20)21(30)31-22(3,4)5/h7-8,10-11,18H,6,9,12-14H2,1-5H3. The SMILES string of the molecule is CCc1nc(C)c2n1CCN(C(=O)OC(C)(C)C)C2CCc1ccc(C(F)(F)F)cc1. The third kappa shape index (κ3) is 5.22. The molecule has 1 aliphatic heterocycles. The molecule has 5 nitrogen and oxygen atoms in total. The Bertz CT molecular complexity index is 927. The molecule has 0 aliphatic carbocycles. The Morgan fingerprint density at radius 2 is 1.81 bits per heavy atom. The molecule has 0 bridgehead atoms. The smallest absolute Gasteiger partial charge is 0.416 e. The summed E-state index contributed by atoms with van der Waals surface area (Å²) in [6.07, 6.45) is -2.84. The maximum atomic E-state index is 12.9. The molecule has 1 aromatic heterocycles. The number of carbonyl (C=O) groups excluding carboxylic acids is 1. The van der Waals surface area contributed by atoms with E-state index in [-0.39, 0.29) is 12.1 Å². The first kappa shape index (κ1) is 23.2. The topological polar surface area (TPSA) is 47.4 Å². The van der Waals surface area contributed by atoms with Gasteiger partial charge in [0.1, 0.15) is 11.4 Å². The minimum Gasteiger partial charge on any atom is -0.444 e. The largest absolute Gasteiger partial charge is 0.444 e. The second-order valence-electron chi connectivity index (χ2n) is 8.93. The predicted octanol–water partition coefficient (Wildman–Crippen LogP) is 5.70. The Labute approximate surface area is 181 Å². The van der Waals surface area contributed by atoms with Gasteiger partial charge in [0.2, 0.25) is 0 Å². The van der Waals surface area contributed by atoms with Crippen LogP contribution in [0.15, 0.2) is 24.3 Å². The monoisotopic (exact) mass is 437 g/mol. The van der Waals surface area contributed by atoms with Crippen LogP contribution in [0.5, 0.6) is 0 Å². The van der Waals surface area contributed by atoms with Crippen LogP contribution in [0.25, 0.3) is 0 Å². The molecule has 0 N–H and O–H groups in total. The summed E-state index contributed by atoms with van der Waals surface area (Å²) in [7, 11) is 0. The van der Waals surface area contributed by atoms with Gasteiger partial charge in [-0.25, -0.2) is 9.78 Å². The van der Waals surface area contributed by atoms with Crippen molar-refractivity contribution in [3.63, 3.8) is 0 Å². The highest BCUT2D eigenvalue weighted by Crippen LogP contribution is 2.35. The Morgan fingerprint density at radius 1 is 1.16 bits per heavy atom. The number of benzene rings is 1. The van der Waals surface area contributed by atoms with E-state index in [0.29, 0.717) is 25.9 Å². The van der Waals surface area contributed by atoms with Crippen LogP contribution in [-0.4, -0.2) is 32.7 Å². The third-order valence-corrected chi connectivity index (χ3v) is 5.46. The number of fused-ring (bicyclic) bond motifs is 1. The quantitative estimate of drug-likeness (QED) is 0.617. The molecule has 1 amide bonds. The predicted molar refractivity (Wildman–Crippen MR) is 112 cm³/mol. The van der Waals surface area contributed by atoms with Gasteiger partial charge in [0.15, 0.2) is 0 Å². The molecule has 2 aromatic rings. The molecule has 0 saturated carbocycles. The van der Waals surface area contributed by atoms with Crippen molar-refractivity contribution in [1.29, 1.82) is 0 Å². The molecular weight excluding hydrogens is 407 g/mol. The number of alkyl halides is 3. The van der Waals surface area contributed by atoms with Gasteiger partial charge < -0.3 is 9.30 Å². The maximum Gasteiger partial charge on any atom is 0.416 e. The van der Waals surface area contributed by atoms with Crippen LogP contribution in [0.2, 0.25) is 0 Å². The highest BCUT2D eigenvalue weighted by Gasteiger charge is 2.36. The van der Waals surface area contributed by atoms with Gasteiger partial charge in [0.25, 0.3) is 0 Å². The first-order chi connectivity index (χ1) is 14.4. The van der Waals surface area contributed by atoms with E-state index in [9.17, 15) is 18.0 Å². The zero-order chi connectivity index (χ0) is 23.0. The van der Waals surface area contributed by atoms with Crippen molar-refractivity contribution in [1.82, 2.24) is 14.5 Å². The fourth-order valence-corrected chi connectivity index (χ4v) is 4.09. The fraction of sp³-hybridized carbons (Fsp3) is 0.565. The van der Waals surface area contributed by atoms with E-state index < -0.39 is 17.3 Å². The molecule has 2 heterocycles. The number of hydrogen-bond donors (Lipinski definition) is 0. The lowest BCUT2D eigenvalue weighted by Crippen LogP contribution is -2.45. The van der Waals surface area contributed by atoms with Crippen molar-refractivity contribution >= 4 is 6.09 Å². The molecule has 1 unspecified atom stereocenters. The third-order valence-electron chi connectivity index (χ3n) is 5.46. The maximum absolute atomic E-state index is 12.9. The molecule has 8 heteroatoms. The molecule has 1 aromatic carbocycles. The highest BCUT2D eigenvalue weighted by atomic mass is 19.4. The molecule has 1 atom stereocenters. The number of nitrogens with zero attached hydrogens (tertiary/aromatic N) is 3. The van der Waals surface area contributed by atoms with Crippen LogP contribution < -0.4 is 0 Å².